The van der Waals surface area contributed by atoms with Crippen LogP contribution in [0, 0.1) is 6.92 Å². The molecule has 0 saturated heterocycles. The molecule has 0 unspecified atom stereocenters. The van der Waals surface area contributed by atoms with Gasteiger partial charge in [0.25, 0.3) is 5.91 Å². The summed E-state index contributed by atoms with van der Waals surface area (Å²) >= 11 is 0. The van der Waals surface area contributed by atoms with Gasteiger partial charge >= 0.3 is 0 Å². The molecule has 0 aliphatic carbocycles. The zero-order valence-corrected chi connectivity index (χ0v) is 11.4. The molecular formula is C12H16N6O2. The first kappa shape index (κ1) is 13.9. The van der Waals surface area contributed by atoms with Crippen molar-refractivity contribution in [2.45, 2.75) is 26.8 Å². The lowest BCUT2D eigenvalue weighted by atomic mass is 10.4. The number of hydrogen-bond donors (Lipinski definition) is 2. The molecule has 2 N–H and O–H groups in total. The number of hydrogen-bond acceptors (Lipinski definition) is 7. The Hall–Kier alpha value is -2.51. The lowest BCUT2D eigenvalue weighted by Gasteiger charge is -2.05. The number of nitrogens with zero attached hydrogens (tertiary/aromatic N) is 4. The predicted octanol–water partition coefficient (Wildman–Crippen LogP) is 0.920. The molecule has 0 saturated carbocycles. The normalized spacial score (nSPS) is 10.3. The van der Waals surface area contributed by atoms with Gasteiger partial charge in [-0.15, -0.1) is 0 Å². The van der Waals surface area contributed by atoms with E-state index in [4.69, 9.17) is 4.52 Å². The van der Waals surface area contributed by atoms with Crippen LogP contribution in [0.15, 0.2) is 16.9 Å². The highest BCUT2D eigenvalue weighted by Crippen LogP contribution is 2.03. The smallest absolute Gasteiger partial charge is 0.272 e. The lowest BCUT2D eigenvalue weighted by molar-refractivity contribution is 0.0941. The number of carbonyl (C=O) groups is 1. The van der Waals surface area contributed by atoms with E-state index in [2.05, 4.69) is 30.7 Å². The number of rotatable bonds is 6. The van der Waals surface area contributed by atoms with Gasteiger partial charge in [-0.2, -0.15) is 4.98 Å². The molecule has 106 valence electrons. The number of carbonyl (C=O) groups excluding carboxylic acids is 1. The van der Waals surface area contributed by atoms with Gasteiger partial charge in [-0.3, -0.25) is 9.78 Å². The number of amides is 1. The second-order valence-corrected chi connectivity index (χ2v) is 4.13. The van der Waals surface area contributed by atoms with Gasteiger partial charge in [0.15, 0.2) is 5.82 Å². The Morgan fingerprint density at radius 2 is 2.20 bits per heavy atom. The molecule has 0 bridgehead atoms. The third-order valence-corrected chi connectivity index (χ3v) is 2.39. The molecule has 2 aromatic heterocycles. The average molecular weight is 276 g/mol. The molecule has 2 heterocycles. The molecule has 2 rings (SSSR count). The summed E-state index contributed by atoms with van der Waals surface area (Å²) in [5, 5.41) is 9.36. The van der Waals surface area contributed by atoms with Crippen molar-refractivity contribution in [1.82, 2.24) is 25.4 Å². The van der Waals surface area contributed by atoms with Gasteiger partial charge < -0.3 is 15.2 Å². The standard InChI is InChI=1S/C12H16N6O2/c1-3-4-14-10-6-13-5-9(17-10)12(19)15-7-11-16-8(2)18-20-11/h5-6H,3-4,7H2,1-2H3,(H,14,17)(H,15,19). The quantitative estimate of drug-likeness (QED) is 0.808. The Morgan fingerprint density at radius 3 is 2.90 bits per heavy atom. The fourth-order valence-electron chi connectivity index (χ4n) is 1.47. The van der Waals surface area contributed by atoms with E-state index in [1.54, 1.807) is 13.1 Å². The molecule has 1 amide bonds. The summed E-state index contributed by atoms with van der Waals surface area (Å²) in [5.41, 5.74) is 0.238. The molecule has 0 atom stereocenters. The molecule has 2 aromatic rings. The van der Waals surface area contributed by atoms with Crippen molar-refractivity contribution in [1.29, 1.82) is 0 Å². The van der Waals surface area contributed by atoms with E-state index in [0.29, 0.717) is 17.5 Å². The highest BCUT2D eigenvalue weighted by Gasteiger charge is 2.10. The molecule has 8 nitrogen and oxygen atoms in total. The maximum Gasteiger partial charge on any atom is 0.272 e. The van der Waals surface area contributed by atoms with E-state index in [1.807, 2.05) is 6.92 Å². The number of aryl methyl sites for hydroxylation is 1. The summed E-state index contributed by atoms with van der Waals surface area (Å²) in [6.07, 6.45) is 3.95. The summed E-state index contributed by atoms with van der Waals surface area (Å²) in [7, 11) is 0. The van der Waals surface area contributed by atoms with Crippen LogP contribution in [0.2, 0.25) is 0 Å². The third-order valence-electron chi connectivity index (χ3n) is 2.39. The van der Waals surface area contributed by atoms with E-state index in [9.17, 15) is 4.79 Å². The van der Waals surface area contributed by atoms with Crippen LogP contribution in [0.1, 0.15) is 35.5 Å². The van der Waals surface area contributed by atoms with Gasteiger partial charge in [-0.1, -0.05) is 12.1 Å². The Kier molecular flexibility index (Phi) is 4.59. The van der Waals surface area contributed by atoms with Crippen molar-refractivity contribution in [3.05, 3.63) is 29.8 Å². The molecule has 0 aliphatic heterocycles. The van der Waals surface area contributed by atoms with Gasteiger partial charge in [0.05, 0.1) is 18.9 Å². The predicted molar refractivity (Wildman–Crippen MR) is 71.0 cm³/mol. The van der Waals surface area contributed by atoms with Crippen LogP contribution in [-0.2, 0) is 6.54 Å². The second kappa shape index (κ2) is 6.60. The lowest BCUT2D eigenvalue weighted by Crippen LogP contribution is -2.24. The first-order chi connectivity index (χ1) is 9.69. The van der Waals surface area contributed by atoms with Gasteiger partial charge in [0.1, 0.15) is 11.5 Å². The molecule has 0 spiro atoms. The Bertz CT molecular complexity index is 583. The van der Waals surface area contributed by atoms with Crippen LogP contribution in [-0.4, -0.2) is 32.6 Å². The summed E-state index contributed by atoms with van der Waals surface area (Å²) in [6, 6.07) is 0. The average Bonchev–Trinajstić information content (AvgIpc) is 2.88. The molecule has 20 heavy (non-hydrogen) atoms. The molecular weight excluding hydrogens is 260 g/mol. The topological polar surface area (TPSA) is 106 Å². The second-order valence-electron chi connectivity index (χ2n) is 4.13. The zero-order valence-electron chi connectivity index (χ0n) is 11.4. The monoisotopic (exact) mass is 276 g/mol. The fourth-order valence-corrected chi connectivity index (χ4v) is 1.47. The maximum absolute atomic E-state index is 11.9. The van der Waals surface area contributed by atoms with Crippen LogP contribution in [0.4, 0.5) is 5.82 Å². The van der Waals surface area contributed by atoms with Crippen molar-refractivity contribution in [2.75, 3.05) is 11.9 Å². The minimum absolute atomic E-state index is 0.161. The molecule has 8 heteroatoms. The first-order valence-corrected chi connectivity index (χ1v) is 6.32. The van der Waals surface area contributed by atoms with E-state index in [1.165, 1.54) is 6.20 Å². The van der Waals surface area contributed by atoms with E-state index >= 15 is 0 Å². The maximum atomic E-state index is 11.9. The molecule has 0 aliphatic rings. The minimum Gasteiger partial charge on any atom is -0.369 e. The van der Waals surface area contributed by atoms with Crippen molar-refractivity contribution in [3.63, 3.8) is 0 Å². The molecule has 0 aromatic carbocycles. The van der Waals surface area contributed by atoms with Crippen LogP contribution in [0.25, 0.3) is 0 Å². The van der Waals surface area contributed by atoms with Crippen LogP contribution in [0.3, 0.4) is 0 Å². The van der Waals surface area contributed by atoms with Crippen molar-refractivity contribution >= 4 is 11.7 Å². The van der Waals surface area contributed by atoms with E-state index in [0.717, 1.165) is 13.0 Å². The highest BCUT2D eigenvalue weighted by atomic mass is 16.5. The Balaban J connectivity index is 1.94. The van der Waals surface area contributed by atoms with Gasteiger partial charge in [0.2, 0.25) is 5.89 Å². The Labute approximate surface area is 116 Å². The first-order valence-electron chi connectivity index (χ1n) is 6.32. The van der Waals surface area contributed by atoms with Gasteiger partial charge in [-0.25, -0.2) is 4.98 Å². The molecule has 0 radical (unpaired) electrons. The number of aromatic nitrogens is 4. The van der Waals surface area contributed by atoms with E-state index in [-0.39, 0.29) is 18.1 Å². The van der Waals surface area contributed by atoms with Crippen molar-refractivity contribution in [2.24, 2.45) is 0 Å². The summed E-state index contributed by atoms with van der Waals surface area (Å²) < 4.78 is 4.90. The van der Waals surface area contributed by atoms with Gasteiger partial charge in [-0.05, 0) is 13.3 Å². The largest absolute Gasteiger partial charge is 0.369 e. The van der Waals surface area contributed by atoms with Crippen LogP contribution < -0.4 is 10.6 Å². The van der Waals surface area contributed by atoms with Crippen molar-refractivity contribution < 1.29 is 9.32 Å². The van der Waals surface area contributed by atoms with Crippen molar-refractivity contribution in [3.8, 4) is 0 Å². The summed E-state index contributed by atoms with van der Waals surface area (Å²) in [5.74, 6) is 1.12. The van der Waals surface area contributed by atoms with Gasteiger partial charge in [0, 0.05) is 6.54 Å². The Morgan fingerprint density at radius 1 is 1.35 bits per heavy atom. The third kappa shape index (κ3) is 3.74. The zero-order chi connectivity index (χ0) is 14.4. The number of anilines is 1. The highest BCUT2D eigenvalue weighted by molar-refractivity contribution is 5.92. The molecule has 0 fully saturated rings. The van der Waals surface area contributed by atoms with Crippen LogP contribution in [0.5, 0.6) is 0 Å². The minimum atomic E-state index is -0.339. The summed E-state index contributed by atoms with van der Waals surface area (Å²) in [4.78, 5) is 24.1. The van der Waals surface area contributed by atoms with E-state index < -0.39 is 0 Å². The van der Waals surface area contributed by atoms with Crippen LogP contribution >= 0.6 is 0 Å². The fraction of sp³-hybridized carbons (Fsp3) is 0.417. The number of nitrogens with one attached hydrogen (secondary N) is 2. The SMILES string of the molecule is CCCNc1cncc(C(=O)NCc2nc(C)no2)n1. The summed E-state index contributed by atoms with van der Waals surface area (Å²) in [6.45, 7) is 4.70.